The highest BCUT2D eigenvalue weighted by Crippen LogP contribution is 2.39. The summed E-state index contributed by atoms with van der Waals surface area (Å²) in [7, 11) is 0. The molecule has 0 bridgehead atoms. The summed E-state index contributed by atoms with van der Waals surface area (Å²) in [5.74, 6) is -1.25. The molecule has 0 spiro atoms. The fraction of sp³-hybridized carbons (Fsp3) is 0.412. The summed E-state index contributed by atoms with van der Waals surface area (Å²) < 4.78 is 0. The molecule has 0 fully saturated rings. The molecule has 0 saturated heterocycles. The molecular formula is C17H20Cl3NO3. The fourth-order valence-electron chi connectivity index (χ4n) is 2.06. The van der Waals surface area contributed by atoms with Gasteiger partial charge >= 0.3 is 5.97 Å². The van der Waals surface area contributed by atoms with E-state index in [4.69, 9.17) is 34.8 Å². The monoisotopic (exact) mass is 391 g/mol. The smallest absolute Gasteiger partial charge is 0.331 e. The largest absolute Gasteiger partial charge is 0.478 e. The first-order valence-electron chi connectivity index (χ1n) is 7.72. The molecule has 7 heteroatoms. The summed E-state index contributed by atoms with van der Waals surface area (Å²) in [5, 5.41) is 12.6. The second-order valence-corrected chi connectivity index (χ2v) is 6.51. The van der Waals surface area contributed by atoms with Crippen LogP contribution in [0.1, 0.15) is 51.5 Å². The average Bonchev–Trinajstić information content (AvgIpc) is 2.50. The number of aliphatic carboxylic acids is 1. The number of carboxylic acids is 1. The molecule has 0 atom stereocenters. The number of carbonyl (C=O) groups is 2. The Morgan fingerprint density at radius 3 is 2.33 bits per heavy atom. The summed E-state index contributed by atoms with van der Waals surface area (Å²) >= 11 is 18.6. The number of amides is 1. The Morgan fingerprint density at radius 2 is 1.79 bits per heavy atom. The number of carbonyl (C=O) groups excluding carboxylic acids is 1. The quantitative estimate of drug-likeness (QED) is 0.530. The van der Waals surface area contributed by atoms with E-state index in [0.717, 1.165) is 12.8 Å². The minimum absolute atomic E-state index is 0.132. The molecule has 132 valence electrons. The van der Waals surface area contributed by atoms with Gasteiger partial charge in [0.15, 0.2) is 0 Å². The maximum Gasteiger partial charge on any atom is 0.331 e. The molecule has 0 aliphatic carbocycles. The van der Waals surface area contributed by atoms with Gasteiger partial charge < -0.3 is 10.4 Å². The summed E-state index contributed by atoms with van der Waals surface area (Å²) in [6.07, 6.45) is 4.46. The lowest BCUT2D eigenvalue weighted by molar-refractivity contribution is -0.132. The predicted octanol–water partition coefficient (Wildman–Crippen LogP) is 6.04. The normalized spacial score (nSPS) is 11.5. The van der Waals surface area contributed by atoms with Crippen LogP contribution in [0.5, 0.6) is 0 Å². The third-order valence-electron chi connectivity index (χ3n) is 3.34. The predicted molar refractivity (Wildman–Crippen MR) is 100 cm³/mol. The third kappa shape index (κ3) is 5.69. The van der Waals surface area contributed by atoms with Crippen LogP contribution in [-0.4, -0.2) is 17.0 Å². The molecule has 1 rings (SSSR count). The SMILES string of the molecule is CCCCC(=Cc1c(Cl)cc(Cl)c(NC(=O)CCC)c1Cl)C(=O)O. The van der Waals surface area contributed by atoms with Crippen molar-refractivity contribution >= 4 is 58.4 Å². The third-order valence-corrected chi connectivity index (χ3v) is 4.34. The van der Waals surface area contributed by atoms with Crippen molar-refractivity contribution in [1.82, 2.24) is 0 Å². The highest BCUT2D eigenvalue weighted by Gasteiger charge is 2.17. The number of benzene rings is 1. The van der Waals surface area contributed by atoms with Gasteiger partial charge in [0, 0.05) is 17.6 Å². The molecule has 1 amide bonds. The Kier molecular flexibility index (Phi) is 8.60. The molecule has 0 radical (unpaired) electrons. The van der Waals surface area contributed by atoms with Crippen molar-refractivity contribution in [3.8, 4) is 0 Å². The Balaban J connectivity index is 3.32. The summed E-state index contributed by atoms with van der Waals surface area (Å²) in [5.41, 5.74) is 0.782. The van der Waals surface area contributed by atoms with Crippen molar-refractivity contribution in [2.75, 3.05) is 5.32 Å². The lowest BCUT2D eigenvalue weighted by Gasteiger charge is -2.13. The molecule has 0 saturated carbocycles. The number of anilines is 1. The van der Waals surface area contributed by atoms with Gasteiger partial charge in [-0.3, -0.25) is 4.79 Å². The van der Waals surface area contributed by atoms with E-state index in [-0.39, 0.29) is 32.2 Å². The second-order valence-electron chi connectivity index (χ2n) is 5.32. The average molecular weight is 393 g/mol. The molecule has 4 nitrogen and oxygen atoms in total. The number of hydrogen-bond donors (Lipinski definition) is 2. The maximum atomic E-state index is 11.8. The van der Waals surface area contributed by atoms with Crippen molar-refractivity contribution < 1.29 is 14.7 Å². The van der Waals surface area contributed by atoms with Crippen LogP contribution in [-0.2, 0) is 9.59 Å². The van der Waals surface area contributed by atoms with Crippen LogP contribution in [0.3, 0.4) is 0 Å². The Labute approximate surface area is 156 Å². The number of carboxylic acid groups (broad SMARTS) is 1. The van der Waals surface area contributed by atoms with Crippen LogP contribution in [0.4, 0.5) is 5.69 Å². The minimum Gasteiger partial charge on any atom is -0.478 e. The van der Waals surface area contributed by atoms with Gasteiger partial charge in [-0.2, -0.15) is 0 Å². The van der Waals surface area contributed by atoms with E-state index >= 15 is 0 Å². The van der Waals surface area contributed by atoms with E-state index in [2.05, 4.69) is 5.32 Å². The van der Waals surface area contributed by atoms with E-state index in [9.17, 15) is 14.7 Å². The van der Waals surface area contributed by atoms with Crippen molar-refractivity contribution in [2.24, 2.45) is 0 Å². The van der Waals surface area contributed by atoms with Gasteiger partial charge in [0.05, 0.1) is 20.8 Å². The van der Waals surface area contributed by atoms with Crippen LogP contribution in [0.2, 0.25) is 15.1 Å². The molecule has 1 aromatic carbocycles. The lowest BCUT2D eigenvalue weighted by atomic mass is 10.0. The molecule has 0 aliphatic heterocycles. The number of rotatable bonds is 8. The Hall–Kier alpha value is -1.23. The number of halogens is 3. The van der Waals surface area contributed by atoms with Gasteiger partial charge in [-0.1, -0.05) is 55.1 Å². The minimum atomic E-state index is -1.03. The Morgan fingerprint density at radius 1 is 1.12 bits per heavy atom. The molecule has 2 N–H and O–H groups in total. The summed E-state index contributed by atoms with van der Waals surface area (Å²) in [4.78, 5) is 23.2. The number of hydrogen-bond acceptors (Lipinski definition) is 2. The maximum absolute atomic E-state index is 11.8. The van der Waals surface area contributed by atoms with Crippen molar-refractivity contribution in [3.05, 3.63) is 32.3 Å². The zero-order chi connectivity index (χ0) is 18.3. The first-order chi connectivity index (χ1) is 11.3. The molecule has 0 heterocycles. The molecule has 1 aromatic rings. The summed E-state index contributed by atoms with van der Waals surface area (Å²) in [6, 6.07) is 1.45. The number of unbranched alkanes of at least 4 members (excludes halogenated alkanes) is 1. The van der Waals surface area contributed by atoms with Gasteiger partial charge in [-0.25, -0.2) is 4.79 Å². The van der Waals surface area contributed by atoms with Gasteiger partial charge in [-0.05, 0) is 31.4 Å². The van der Waals surface area contributed by atoms with Gasteiger partial charge in [-0.15, -0.1) is 0 Å². The van der Waals surface area contributed by atoms with E-state index < -0.39 is 5.97 Å². The van der Waals surface area contributed by atoms with Crippen LogP contribution in [0.15, 0.2) is 11.6 Å². The van der Waals surface area contributed by atoms with E-state index in [1.165, 1.54) is 12.1 Å². The van der Waals surface area contributed by atoms with Crippen molar-refractivity contribution in [3.63, 3.8) is 0 Å². The molecule has 0 aliphatic rings. The number of nitrogens with one attached hydrogen (secondary N) is 1. The Bertz CT molecular complexity index is 657. The standard InChI is InChI=1S/C17H20Cl3NO3/c1-3-5-7-10(17(23)24)8-11-12(18)9-13(19)16(15(11)20)21-14(22)6-4-2/h8-9H,3-7H2,1-2H3,(H,21,22)(H,23,24). The fourth-order valence-corrected chi connectivity index (χ4v) is 3.03. The topological polar surface area (TPSA) is 66.4 Å². The van der Waals surface area contributed by atoms with Crippen LogP contribution in [0, 0.1) is 0 Å². The van der Waals surface area contributed by atoms with Crippen molar-refractivity contribution in [2.45, 2.75) is 46.0 Å². The van der Waals surface area contributed by atoms with Gasteiger partial charge in [0.1, 0.15) is 0 Å². The van der Waals surface area contributed by atoms with Crippen molar-refractivity contribution in [1.29, 1.82) is 0 Å². The molecule has 0 aromatic heterocycles. The first-order valence-corrected chi connectivity index (χ1v) is 8.86. The lowest BCUT2D eigenvalue weighted by Crippen LogP contribution is -2.12. The zero-order valence-electron chi connectivity index (χ0n) is 13.6. The van der Waals surface area contributed by atoms with E-state index in [0.29, 0.717) is 24.8 Å². The van der Waals surface area contributed by atoms with E-state index in [1.807, 2.05) is 13.8 Å². The second kappa shape index (κ2) is 9.92. The highest BCUT2D eigenvalue weighted by molar-refractivity contribution is 6.44. The highest BCUT2D eigenvalue weighted by atomic mass is 35.5. The zero-order valence-corrected chi connectivity index (χ0v) is 15.9. The van der Waals surface area contributed by atoms with Gasteiger partial charge in [0.25, 0.3) is 0 Å². The van der Waals surface area contributed by atoms with Crippen LogP contribution >= 0.6 is 34.8 Å². The van der Waals surface area contributed by atoms with Gasteiger partial charge in [0.2, 0.25) is 5.91 Å². The van der Waals surface area contributed by atoms with Crippen LogP contribution < -0.4 is 5.32 Å². The van der Waals surface area contributed by atoms with Crippen LogP contribution in [0.25, 0.3) is 6.08 Å². The summed E-state index contributed by atoms with van der Waals surface area (Å²) in [6.45, 7) is 3.86. The first kappa shape index (κ1) is 20.8. The molecular weight excluding hydrogens is 373 g/mol. The molecule has 0 unspecified atom stereocenters. The van der Waals surface area contributed by atoms with E-state index in [1.54, 1.807) is 0 Å². The molecule has 24 heavy (non-hydrogen) atoms.